The maximum Gasteiger partial charge on any atom is 0.0484 e. The summed E-state index contributed by atoms with van der Waals surface area (Å²) in [6.07, 6.45) is 4.78. The second-order valence-electron chi connectivity index (χ2n) is 6.14. The van der Waals surface area contributed by atoms with Gasteiger partial charge in [-0.1, -0.05) is 49.7 Å². The van der Waals surface area contributed by atoms with Gasteiger partial charge in [-0.3, -0.25) is 4.90 Å². The van der Waals surface area contributed by atoms with Gasteiger partial charge in [-0.25, -0.2) is 0 Å². The summed E-state index contributed by atoms with van der Waals surface area (Å²) in [5.41, 5.74) is 2.94. The minimum atomic E-state index is 0. The van der Waals surface area contributed by atoms with Gasteiger partial charge in [0.2, 0.25) is 0 Å². The van der Waals surface area contributed by atoms with Crippen molar-refractivity contribution in [1.82, 2.24) is 4.90 Å². The van der Waals surface area contributed by atoms with Crippen LogP contribution in [0.1, 0.15) is 37.8 Å². The molecule has 120 valence electrons. The molecule has 22 heavy (non-hydrogen) atoms. The van der Waals surface area contributed by atoms with E-state index in [-0.39, 0.29) is 12.4 Å². The minimum absolute atomic E-state index is 0. The van der Waals surface area contributed by atoms with Crippen molar-refractivity contribution in [2.45, 2.75) is 45.6 Å². The highest BCUT2D eigenvalue weighted by molar-refractivity contribution is 6.35. The first-order valence-electron chi connectivity index (χ1n) is 8.17. The highest BCUT2D eigenvalue weighted by Gasteiger charge is 2.25. The first kappa shape index (κ1) is 17.6. The lowest BCUT2D eigenvalue weighted by atomic mass is 9.85. The van der Waals surface area contributed by atoms with Crippen molar-refractivity contribution >= 4 is 34.8 Å². The number of nitrogens with zero attached hydrogens (tertiary/aromatic N) is 1. The van der Waals surface area contributed by atoms with Gasteiger partial charge in [0, 0.05) is 16.5 Å². The van der Waals surface area contributed by atoms with Crippen molar-refractivity contribution in [1.29, 1.82) is 0 Å². The monoisotopic (exact) mass is 337 g/mol. The summed E-state index contributed by atoms with van der Waals surface area (Å²) >= 11 is 6.37. The van der Waals surface area contributed by atoms with Gasteiger partial charge in [-0.15, -0.1) is 12.4 Å². The topological polar surface area (TPSA) is 3.24 Å². The Morgan fingerprint density at radius 3 is 2.27 bits per heavy atom. The van der Waals surface area contributed by atoms with Crippen LogP contribution in [0.25, 0.3) is 10.8 Å². The molecule has 0 radical (unpaired) electrons. The van der Waals surface area contributed by atoms with Gasteiger partial charge in [-0.05, 0) is 61.4 Å². The van der Waals surface area contributed by atoms with Crippen LogP contribution in [0.4, 0.5) is 0 Å². The van der Waals surface area contributed by atoms with Crippen LogP contribution in [0, 0.1) is 0 Å². The van der Waals surface area contributed by atoms with E-state index >= 15 is 0 Å². The second-order valence-corrected chi connectivity index (χ2v) is 6.55. The van der Waals surface area contributed by atoms with Crippen molar-refractivity contribution in [3.8, 4) is 0 Å². The molecule has 0 fully saturated rings. The van der Waals surface area contributed by atoms with E-state index < -0.39 is 0 Å². The highest BCUT2D eigenvalue weighted by Crippen LogP contribution is 2.35. The van der Waals surface area contributed by atoms with E-state index in [1.165, 1.54) is 47.8 Å². The molecule has 0 N–H and O–H groups in total. The standard InChI is InChI=1S/C19H24ClN.ClH/c1-3-10-21(11-4-2)16-12-14-6-5-7-17-18(20)9-8-15(13-16)19(14)17;/h5-9,16H,3-4,10-13H2,1-2H3;1H. The molecular weight excluding hydrogens is 313 g/mol. The molecule has 0 aliphatic heterocycles. The molecule has 0 spiro atoms. The largest absolute Gasteiger partial charge is 0.300 e. The van der Waals surface area contributed by atoms with Crippen molar-refractivity contribution in [3.05, 3.63) is 46.5 Å². The third-order valence-electron chi connectivity index (χ3n) is 4.61. The van der Waals surface area contributed by atoms with E-state index in [2.05, 4.69) is 49.1 Å². The Kier molecular flexibility index (Phi) is 6.14. The molecule has 0 aromatic heterocycles. The zero-order valence-electron chi connectivity index (χ0n) is 13.4. The minimum Gasteiger partial charge on any atom is -0.300 e. The summed E-state index contributed by atoms with van der Waals surface area (Å²) in [5, 5.41) is 3.52. The molecule has 1 atom stereocenters. The Morgan fingerprint density at radius 2 is 1.64 bits per heavy atom. The molecule has 0 saturated carbocycles. The van der Waals surface area contributed by atoms with Crippen LogP contribution in [-0.4, -0.2) is 24.0 Å². The van der Waals surface area contributed by atoms with Crippen LogP contribution in [0.5, 0.6) is 0 Å². The lowest BCUT2D eigenvalue weighted by molar-refractivity contribution is 0.192. The Morgan fingerprint density at radius 1 is 1.00 bits per heavy atom. The molecule has 0 bridgehead atoms. The summed E-state index contributed by atoms with van der Waals surface area (Å²) in [6, 6.07) is 11.5. The van der Waals surface area contributed by atoms with Crippen LogP contribution in [0.2, 0.25) is 5.02 Å². The number of rotatable bonds is 5. The first-order valence-corrected chi connectivity index (χ1v) is 8.55. The number of benzene rings is 2. The zero-order valence-corrected chi connectivity index (χ0v) is 15.0. The lowest BCUT2D eigenvalue weighted by Gasteiger charge is -2.35. The van der Waals surface area contributed by atoms with E-state index in [0.29, 0.717) is 6.04 Å². The van der Waals surface area contributed by atoms with Crippen LogP contribution in [-0.2, 0) is 12.8 Å². The van der Waals surface area contributed by atoms with Crippen molar-refractivity contribution in [3.63, 3.8) is 0 Å². The maximum absolute atomic E-state index is 6.37. The normalized spacial score (nSPS) is 16.8. The maximum atomic E-state index is 6.37. The fourth-order valence-corrected chi connectivity index (χ4v) is 3.98. The molecule has 1 aliphatic rings. The van der Waals surface area contributed by atoms with E-state index in [4.69, 9.17) is 11.6 Å². The van der Waals surface area contributed by atoms with Crippen molar-refractivity contribution in [2.24, 2.45) is 0 Å². The van der Waals surface area contributed by atoms with Gasteiger partial charge < -0.3 is 0 Å². The van der Waals surface area contributed by atoms with Gasteiger partial charge >= 0.3 is 0 Å². The highest BCUT2D eigenvalue weighted by atomic mass is 35.5. The van der Waals surface area contributed by atoms with Crippen LogP contribution >= 0.6 is 24.0 Å². The molecule has 1 unspecified atom stereocenters. The third-order valence-corrected chi connectivity index (χ3v) is 4.94. The van der Waals surface area contributed by atoms with Crippen LogP contribution < -0.4 is 0 Å². The number of halogens is 2. The van der Waals surface area contributed by atoms with Crippen LogP contribution in [0.3, 0.4) is 0 Å². The smallest absolute Gasteiger partial charge is 0.0484 e. The molecule has 3 rings (SSSR count). The SMILES string of the molecule is CCCN(CCC)C1Cc2cccc3c(Cl)ccc(c23)C1.Cl. The van der Waals surface area contributed by atoms with Gasteiger partial charge in [-0.2, -0.15) is 0 Å². The molecule has 0 heterocycles. The summed E-state index contributed by atoms with van der Waals surface area (Å²) in [6.45, 7) is 6.97. The Labute approximate surface area is 145 Å². The summed E-state index contributed by atoms with van der Waals surface area (Å²) in [4.78, 5) is 2.68. The second kappa shape index (κ2) is 7.68. The number of hydrogen-bond donors (Lipinski definition) is 0. The molecule has 1 aliphatic carbocycles. The number of hydrogen-bond acceptors (Lipinski definition) is 1. The van der Waals surface area contributed by atoms with Gasteiger partial charge in [0.15, 0.2) is 0 Å². The molecule has 3 heteroatoms. The summed E-state index contributed by atoms with van der Waals surface area (Å²) in [7, 11) is 0. The van der Waals surface area contributed by atoms with Crippen molar-refractivity contribution in [2.75, 3.05) is 13.1 Å². The fraction of sp³-hybridized carbons (Fsp3) is 0.474. The zero-order chi connectivity index (χ0) is 14.8. The fourth-order valence-electron chi connectivity index (χ4n) is 3.75. The van der Waals surface area contributed by atoms with Crippen molar-refractivity contribution < 1.29 is 0 Å². The average molecular weight is 338 g/mol. The van der Waals surface area contributed by atoms with E-state index in [9.17, 15) is 0 Å². The Balaban J connectivity index is 0.00000176. The van der Waals surface area contributed by atoms with Crippen LogP contribution in [0.15, 0.2) is 30.3 Å². The van der Waals surface area contributed by atoms with E-state index in [0.717, 1.165) is 17.9 Å². The molecule has 1 nitrogen and oxygen atoms in total. The molecule has 0 amide bonds. The predicted octanol–water partition coefficient (Wildman–Crippen LogP) is 5.50. The lowest BCUT2D eigenvalue weighted by Crippen LogP contribution is -2.41. The average Bonchev–Trinajstić information content (AvgIpc) is 2.50. The molecule has 2 aromatic rings. The van der Waals surface area contributed by atoms with Gasteiger partial charge in [0.25, 0.3) is 0 Å². The van der Waals surface area contributed by atoms with E-state index in [1.54, 1.807) is 0 Å². The quantitative estimate of drug-likeness (QED) is 0.695. The Bertz CT molecular complexity index is 620. The Hall–Kier alpha value is -0.760. The third kappa shape index (κ3) is 3.27. The van der Waals surface area contributed by atoms with Gasteiger partial charge in [0.05, 0.1) is 0 Å². The molecular formula is C19H25Cl2N. The molecule has 0 saturated heterocycles. The first-order chi connectivity index (χ1) is 10.2. The predicted molar refractivity (Wildman–Crippen MR) is 99.6 cm³/mol. The molecule has 2 aromatic carbocycles. The summed E-state index contributed by atoms with van der Waals surface area (Å²) in [5.74, 6) is 0. The van der Waals surface area contributed by atoms with Gasteiger partial charge in [0.1, 0.15) is 0 Å². The van der Waals surface area contributed by atoms with E-state index in [1.807, 2.05) is 0 Å². The summed E-state index contributed by atoms with van der Waals surface area (Å²) < 4.78 is 0.